The second-order valence-corrected chi connectivity index (χ2v) is 6.10. The molecule has 0 aliphatic carbocycles. The molecule has 2 aliphatic rings. The number of anilines is 1. The lowest BCUT2D eigenvalue weighted by Gasteiger charge is -2.23. The molecule has 2 bridgehead atoms. The maximum absolute atomic E-state index is 12.4. The summed E-state index contributed by atoms with van der Waals surface area (Å²) in [6.45, 7) is 0. The van der Waals surface area contributed by atoms with Gasteiger partial charge in [0.15, 0.2) is 0 Å². The van der Waals surface area contributed by atoms with E-state index < -0.39 is 17.8 Å². The number of amides is 1. The Morgan fingerprint density at radius 1 is 1.25 bits per heavy atom. The van der Waals surface area contributed by atoms with Crippen molar-refractivity contribution in [3.05, 3.63) is 28.7 Å². The summed E-state index contributed by atoms with van der Waals surface area (Å²) in [6.07, 6.45) is 0.886. The predicted octanol–water partition coefficient (Wildman–Crippen LogP) is 2.27. The van der Waals surface area contributed by atoms with Crippen LogP contribution in [-0.4, -0.2) is 29.2 Å². The molecule has 20 heavy (non-hydrogen) atoms. The Bertz CT molecular complexity index is 562. The summed E-state index contributed by atoms with van der Waals surface area (Å²) >= 11 is 3.33. The van der Waals surface area contributed by atoms with Crippen molar-refractivity contribution in [2.24, 2.45) is 11.8 Å². The number of aliphatic carboxylic acids is 1. The average molecular weight is 340 g/mol. The highest BCUT2D eigenvalue weighted by Crippen LogP contribution is 2.44. The minimum absolute atomic E-state index is 0.270. The lowest BCUT2D eigenvalue weighted by molar-refractivity contribution is -0.147. The van der Waals surface area contributed by atoms with Gasteiger partial charge in [-0.1, -0.05) is 22.0 Å². The van der Waals surface area contributed by atoms with E-state index in [0.29, 0.717) is 5.69 Å². The van der Waals surface area contributed by atoms with Crippen molar-refractivity contribution in [2.75, 3.05) is 5.32 Å². The summed E-state index contributed by atoms with van der Waals surface area (Å²) in [4.78, 5) is 23.7. The molecule has 0 aromatic heterocycles. The molecule has 0 spiro atoms. The summed E-state index contributed by atoms with van der Waals surface area (Å²) in [6, 6.07) is 7.22. The van der Waals surface area contributed by atoms with E-state index >= 15 is 0 Å². The Hall–Kier alpha value is -1.40. The molecule has 4 atom stereocenters. The monoisotopic (exact) mass is 339 g/mol. The number of carboxylic acid groups (broad SMARTS) is 1. The molecule has 2 heterocycles. The predicted molar refractivity (Wildman–Crippen MR) is 75.3 cm³/mol. The maximum Gasteiger partial charge on any atom is 0.310 e. The number of rotatable bonds is 3. The Kier molecular flexibility index (Phi) is 3.52. The van der Waals surface area contributed by atoms with Gasteiger partial charge in [-0.05, 0) is 31.0 Å². The molecular formula is C14H14BrNO4. The molecule has 1 aromatic carbocycles. The highest BCUT2D eigenvalue weighted by molar-refractivity contribution is 9.10. The number of benzene rings is 1. The first kappa shape index (κ1) is 13.6. The summed E-state index contributed by atoms with van der Waals surface area (Å²) in [5.74, 6) is -2.57. The van der Waals surface area contributed by atoms with Gasteiger partial charge in [-0.25, -0.2) is 0 Å². The number of hydrogen-bond donors (Lipinski definition) is 2. The van der Waals surface area contributed by atoms with Crippen molar-refractivity contribution in [2.45, 2.75) is 25.0 Å². The molecule has 1 amide bonds. The van der Waals surface area contributed by atoms with E-state index in [1.165, 1.54) is 0 Å². The van der Waals surface area contributed by atoms with Crippen molar-refractivity contribution < 1.29 is 19.4 Å². The first-order chi connectivity index (χ1) is 9.56. The van der Waals surface area contributed by atoms with Crippen molar-refractivity contribution in [3.63, 3.8) is 0 Å². The van der Waals surface area contributed by atoms with E-state index in [2.05, 4.69) is 21.2 Å². The summed E-state index contributed by atoms with van der Waals surface area (Å²) in [7, 11) is 0. The Morgan fingerprint density at radius 2 is 1.95 bits per heavy atom. The second-order valence-electron chi connectivity index (χ2n) is 5.18. The van der Waals surface area contributed by atoms with Crippen molar-refractivity contribution in [1.82, 2.24) is 0 Å². The molecule has 0 saturated carbocycles. The second kappa shape index (κ2) is 5.18. The summed E-state index contributed by atoms with van der Waals surface area (Å²) in [5, 5.41) is 12.1. The van der Waals surface area contributed by atoms with Gasteiger partial charge in [-0.15, -0.1) is 0 Å². The van der Waals surface area contributed by atoms with Gasteiger partial charge in [0.05, 0.1) is 24.0 Å². The third-order valence-electron chi connectivity index (χ3n) is 3.95. The molecule has 2 fully saturated rings. The molecule has 106 valence electrons. The Balaban J connectivity index is 1.78. The first-order valence-electron chi connectivity index (χ1n) is 6.51. The van der Waals surface area contributed by atoms with Crippen molar-refractivity contribution in [1.29, 1.82) is 0 Å². The lowest BCUT2D eigenvalue weighted by Crippen LogP contribution is -2.40. The van der Waals surface area contributed by atoms with Gasteiger partial charge in [0.2, 0.25) is 5.91 Å². The molecular weight excluding hydrogens is 326 g/mol. The van der Waals surface area contributed by atoms with E-state index in [-0.39, 0.29) is 18.1 Å². The molecule has 6 heteroatoms. The van der Waals surface area contributed by atoms with Crippen LogP contribution in [0.4, 0.5) is 5.69 Å². The van der Waals surface area contributed by atoms with Gasteiger partial charge >= 0.3 is 5.97 Å². The number of carbonyl (C=O) groups is 2. The quantitative estimate of drug-likeness (QED) is 0.885. The van der Waals surface area contributed by atoms with Crippen LogP contribution < -0.4 is 5.32 Å². The highest BCUT2D eigenvalue weighted by atomic mass is 79.9. The van der Waals surface area contributed by atoms with Gasteiger partial charge in [0.25, 0.3) is 0 Å². The Labute approximate surface area is 124 Å². The van der Waals surface area contributed by atoms with Gasteiger partial charge in [-0.3, -0.25) is 9.59 Å². The molecule has 3 rings (SSSR count). The number of nitrogens with one attached hydrogen (secondary N) is 1. The fraction of sp³-hybridized carbons (Fsp3) is 0.429. The molecule has 2 saturated heterocycles. The van der Waals surface area contributed by atoms with Crippen molar-refractivity contribution >= 4 is 33.5 Å². The maximum atomic E-state index is 12.4. The van der Waals surface area contributed by atoms with Crippen LogP contribution in [0.3, 0.4) is 0 Å². The SMILES string of the molecule is O=C(O)[C@@H]1[C@H](C(=O)Nc2cccc(Br)c2)[C@@H]2CC[C@@H]1O2. The van der Waals surface area contributed by atoms with Crippen LogP contribution in [0.2, 0.25) is 0 Å². The van der Waals surface area contributed by atoms with Gasteiger partial charge in [0.1, 0.15) is 0 Å². The standard InChI is InChI=1S/C14H14BrNO4/c15-7-2-1-3-8(6-7)16-13(17)11-9-4-5-10(20-9)12(11)14(18)19/h1-3,6,9-12H,4-5H2,(H,16,17)(H,18,19)/t9-,10-,11+,12-/m0/s1. The number of ether oxygens (including phenoxy) is 1. The fourth-order valence-electron chi connectivity index (χ4n) is 3.12. The van der Waals surface area contributed by atoms with E-state index in [1.807, 2.05) is 12.1 Å². The first-order valence-corrected chi connectivity index (χ1v) is 7.30. The van der Waals surface area contributed by atoms with E-state index in [9.17, 15) is 14.7 Å². The van der Waals surface area contributed by atoms with Crippen LogP contribution in [0, 0.1) is 11.8 Å². The van der Waals surface area contributed by atoms with Crippen LogP contribution in [0.25, 0.3) is 0 Å². The molecule has 0 unspecified atom stereocenters. The van der Waals surface area contributed by atoms with Gasteiger partial charge in [-0.2, -0.15) is 0 Å². The van der Waals surface area contributed by atoms with Crippen molar-refractivity contribution in [3.8, 4) is 0 Å². The summed E-state index contributed by atoms with van der Waals surface area (Å²) in [5.41, 5.74) is 0.649. The van der Waals surface area contributed by atoms with E-state index in [4.69, 9.17) is 4.74 Å². The minimum atomic E-state index is -0.952. The smallest absolute Gasteiger partial charge is 0.310 e. The zero-order chi connectivity index (χ0) is 14.3. The largest absolute Gasteiger partial charge is 0.481 e. The third kappa shape index (κ3) is 2.33. The van der Waals surface area contributed by atoms with E-state index in [0.717, 1.165) is 17.3 Å². The molecule has 2 aliphatic heterocycles. The number of halogens is 1. The van der Waals surface area contributed by atoms with Gasteiger partial charge in [0, 0.05) is 10.2 Å². The fourth-order valence-corrected chi connectivity index (χ4v) is 3.52. The zero-order valence-corrected chi connectivity index (χ0v) is 12.2. The zero-order valence-electron chi connectivity index (χ0n) is 10.6. The molecule has 5 nitrogen and oxygen atoms in total. The Morgan fingerprint density at radius 3 is 2.60 bits per heavy atom. The minimum Gasteiger partial charge on any atom is -0.481 e. The summed E-state index contributed by atoms with van der Waals surface area (Å²) < 4.78 is 6.45. The van der Waals surface area contributed by atoms with Crippen LogP contribution in [0.5, 0.6) is 0 Å². The van der Waals surface area contributed by atoms with Crippen LogP contribution in [0.1, 0.15) is 12.8 Å². The average Bonchev–Trinajstić information content (AvgIpc) is 2.98. The third-order valence-corrected chi connectivity index (χ3v) is 4.45. The lowest BCUT2D eigenvalue weighted by atomic mass is 9.78. The topological polar surface area (TPSA) is 75.6 Å². The van der Waals surface area contributed by atoms with Gasteiger partial charge < -0.3 is 15.2 Å². The number of fused-ring (bicyclic) bond motifs is 2. The number of hydrogen-bond acceptors (Lipinski definition) is 3. The molecule has 1 aromatic rings. The van der Waals surface area contributed by atoms with Crippen LogP contribution in [-0.2, 0) is 14.3 Å². The van der Waals surface area contributed by atoms with Crippen LogP contribution in [0.15, 0.2) is 28.7 Å². The number of carbonyl (C=O) groups excluding carboxylic acids is 1. The normalized spacial score (nSPS) is 31.2. The van der Waals surface area contributed by atoms with Crippen LogP contribution >= 0.6 is 15.9 Å². The molecule has 2 N–H and O–H groups in total. The highest BCUT2D eigenvalue weighted by Gasteiger charge is 2.55. The van der Waals surface area contributed by atoms with E-state index in [1.54, 1.807) is 12.1 Å². The molecule has 0 radical (unpaired) electrons. The number of carboxylic acids is 1.